The van der Waals surface area contributed by atoms with Crippen molar-refractivity contribution in [3.63, 3.8) is 0 Å². The van der Waals surface area contributed by atoms with Crippen molar-refractivity contribution in [1.82, 2.24) is 4.98 Å². The molecule has 3 aromatic carbocycles. The molecule has 0 radical (unpaired) electrons. The highest BCUT2D eigenvalue weighted by atomic mass is 79.9. The van der Waals surface area contributed by atoms with Crippen molar-refractivity contribution in [2.45, 2.75) is 6.61 Å². The lowest BCUT2D eigenvalue weighted by molar-refractivity contribution is 0.306. The van der Waals surface area contributed by atoms with Gasteiger partial charge in [0.25, 0.3) is 0 Å². The van der Waals surface area contributed by atoms with Crippen molar-refractivity contribution in [2.24, 2.45) is 0 Å². The highest BCUT2D eigenvalue weighted by Gasteiger charge is 2.19. The summed E-state index contributed by atoms with van der Waals surface area (Å²) < 4.78 is 12.5. The molecule has 5 nitrogen and oxygen atoms in total. The van der Waals surface area contributed by atoms with Gasteiger partial charge in [0, 0.05) is 10.0 Å². The summed E-state index contributed by atoms with van der Waals surface area (Å²) in [6.07, 6.45) is 1.61. The normalized spacial score (nSPS) is 10.8. The average Bonchev–Trinajstić information content (AvgIpc) is 3.24. The number of halogens is 2. The summed E-state index contributed by atoms with van der Waals surface area (Å²) in [5.41, 5.74) is 2.46. The molecule has 4 rings (SSSR count). The number of aromatic hydroxyl groups is 2. The van der Waals surface area contributed by atoms with E-state index in [-0.39, 0.29) is 11.5 Å². The number of phenols is 2. The molecular weight excluding hydrogens is 502 g/mol. The first-order chi connectivity index (χ1) is 14.0. The fourth-order valence-electron chi connectivity index (χ4n) is 2.75. The second kappa shape index (κ2) is 8.31. The molecule has 29 heavy (non-hydrogen) atoms. The first-order valence-corrected chi connectivity index (χ1v) is 10.2. The van der Waals surface area contributed by atoms with Gasteiger partial charge in [0.2, 0.25) is 5.89 Å². The highest BCUT2D eigenvalue weighted by molar-refractivity contribution is 9.13. The van der Waals surface area contributed by atoms with E-state index in [4.69, 9.17) is 9.15 Å². The van der Waals surface area contributed by atoms with Crippen LogP contribution in [0.5, 0.6) is 17.2 Å². The van der Waals surface area contributed by atoms with Crippen LogP contribution in [0.3, 0.4) is 0 Å². The first-order valence-electron chi connectivity index (χ1n) is 8.66. The van der Waals surface area contributed by atoms with E-state index in [2.05, 4.69) is 36.8 Å². The van der Waals surface area contributed by atoms with Gasteiger partial charge >= 0.3 is 0 Å². The Balaban J connectivity index is 1.53. The molecule has 0 saturated heterocycles. The second-order valence-corrected chi connectivity index (χ2v) is 7.83. The van der Waals surface area contributed by atoms with Crippen molar-refractivity contribution in [3.05, 3.63) is 81.4 Å². The van der Waals surface area contributed by atoms with E-state index in [1.54, 1.807) is 6.20 Å². The highest BCUT2D eigenvalue weighted by Crippen LogP contribution is 2.45. The number of benzene rings is 3. The standard InChI is InChI=1S/C22H15Br2NO4/c23-19-16(10-17(26)21(27)20(19)24)22-25-11-18(29-22)14-6-8-15(9-7-14)28-12-13-4-2-1-3-5-13/h1-11,26-27H,12H2. The van der Waals surface area contributed by atoms with Crippen molar-refractivity contribution in [3.8, 4) is 40.0 Å². The maximum Gasteiger partial charge on any atom is 0.228 e. The Kier molecular flexibility index (Phi) is 5.60. The summed E-state index contributed by atoms with van der Waals surface area (Å²) in [6, 6.07) is 18.9. The quantitative estimate of drug-likeness (QED) is 0.295. The summed E-state index contributed by atoms with van der Waals surface area (Å²) in [5, 5.41) is 19.7. The number of rotatable bonds is 5. The molecule has 0 aliphatic rings. The van der Waals surface area contributed by atoms with E-state index in [9.17, 15) is 10.2 Å². The van der Waals surface area contributed by atoms with Crippen LogP contribution in [0, 0.1) is 0 Å². The summed E-state index contributed by atoms with van der Waals surface area (Å²) in [4.78, 5) is 4.29. The Morgan fingerprint density at radius 2 is 1.66 bits per heavy atom. The summed E-state index contributed by atoms with van der Waals surface area (Å²) in [6.45, 7) is 0.500. The zero-order valence-electron chi connectivity index (χ0n) is 15.0. The maximum absolute atomic E-state index is 9.87. The van der Waals surface area contributed by atoms with Gasteiger partial charge in [-0.1, -0.05) is 30.3 Å². The maximum atomic E-state index is 9.87. The van der Waals surface area contributed by atoms with Crippen molar-refractivity contribution >= 4 is 31.9 Å². The monoisotopic (exact) mass is 515 g/mol. The summed E-state index contributed by atoms with van der Waals surface area (Å²) in [7, 11) is 0. The minimum absolute atomic E-state index is 0.251. The van der Waals surface area contributed by atoms with Crippen LogP contribution < -0.4 is 4.74 Å². The van der Waals surface area contributed by atoms with Gasteiger partial charge in [0.05, 0.1) is 16.2 Å². The molecule has 0 aliphatic heterocycles. The predicted molar refractivity (Wildman–Crippen MR) is 117 cm³/mol. The Morgan fingerprint density at radius 1 is 0.931 bits per heavy atom. The molecule has 0 amide bonds. The predicted octanol–water partition coefficient (Wildman–Crippen LogP) is 6.52. The van der Waals surface area contributed by atoms with Crippen LogP contribution in [0.4, 0.5) is 0 Å². The number of aromatic nitrogens is 1. The molecule has 0 spiro atoms. The largest absolute Gasteiger partial charge is 0.504 e. The van der Waals surface area contributed by atoms with Crippen molar-refractivity contribution in [1.29, 1.82) is 0 Å². The third-order valence-corrected chi connectivity index (χ3v) is 6.41. The zero-order valence-corrected chi connectivity index (χ0v) is 18.1. The van der Waals surface area contributed by atoms with Crippen LogP contribution in [0.2, 0.25) is 0 Å². The van der Waals surface area contributed by atoms with Crippen LogP contribution >= 0.6 is 31.9 Å². The number of phenolic OH excluding ortho intramolecular Hbond substituents is 2. The van der Waals surface area contributed by atoms with E-state index < -0.39 is 0 Å². The lowest BCUT2D eigenvalue weighted by atomic mass is 10.2. The first kappa shape index (κ1) is 19.5. The molecule has 1 aromatic heterocycles. The van der Waals surface area contributed by atoms with Crippen LogP contribution in [0.1, 0.15) is 5.56 Å². The summed E-state index contributed by atoms with van der Waals surface area (Å²) >= 11 is 6.61. The van der Waals surface area contributed by atoms with Gasteiger partial charge in [-0.25, -0.2) is 4.98 Å². The van der Waals surface area contributed by atoms with Gasteiger partial charge < -0.3 is 19.4 Å². The van der Waals surface area contributed by atoms with Crippen LogP contribution in [-0.2, 0) is 6.61 Å². The number of hydrogen-bond acceptors (Lipinski definition) is 5. The summed E-state index contributed by atoms with van der Waals surface area (Å²) in [5.74, 6) is 1.12. The van der Waals surface area contributed by atoms with E-state index in [1.807, 2.05) is 54.6 Å². The van der Waals surface area contributed by atoms with E-state index in [0.29, 0.717) is 32.8 Å². The minimum atomic E-state index is -0.269. The van der Waals surface area contributed by atoms with Crippen LogP contribution in [0.15, 0.2) is 80.2 Å². The smallest absolute Gasteiger partial charge is 0.228 e. The average molecular weight is 517 g/mol. The number of nitrogens with zero attached hydrogens (tertiary/aromatic N) is 1. The fourth-order valence-corrected chi connectivity index (χ4v) is 3.64. The Hall–Kier alpha value is -2.77. The Morgan fingerprint density at radius 3 is 2.38 bits per heavy atom. The van der Waals surface area contributed by atoms with Gasteiger partial charge in [0.15, 0.2) is 17.3 Å². The molecule has 0 atom stereocenters. The van der Waals surface area contributed by atoms with E-state index >= 15 is 0 Å². The molecule has 4 aromatic rings. The number of ether oxygens (including phenoxy) is 1. The second-order valence-electron chi connectivity index (χ2n) is 6.25. The molecule has 0 unspecified atom stereocenters. The molecule has 146 valence electrons. The van der Waals surface area contributed by atoms with E-state index in [0.717, 1.165) is 16.9 Å². The molecule has 0 bridgehead atoms. The molecule has 0 fully saturated rings. The molecule has 0 aliphatic carbocycles. The number of hydrogen-bond donors (Lipinski definition) is 2. The SMILES string of the molecule is Oc1cc(-c2ncc(-c3ccc(OCc4ccccc4)cc3)o2)c(Br)c(Br)c1O. The van der Waals surface area contributed by atoms with Gasteiger partial charge in [-0.3, -0.25) is 0 Å². The molecular formula is C22H15Br2NO4. The molecule has 7 heteroatoms. The third kappa shape index (κ3) is 4.16. The van der Waals surface area contributed by atoms with Gasteiger partial charge in [-0.2, -0.15) is 0 Å². The molecule has 0 saturated carbocycles. The van der Waals surface area contributed by atoms with Gasteiger partial charge in [0.1, 0.15) is 12.4 Å². The van der Waals surface area contributed by atoms with Crippen LogP contribution in [-0.4, -0.2) is 15.2 Å². The van der Waals surface area contributed by atoms with Crippen molar-refractivity contribution < 1.29 is 19.4 Å². The number of oxazole rings is 1. The topological polar surface area (TPSA) is 75.7 Å². The third-order valence-electron chi connectivity index (χ3n) is 4.28. The molecule has 1 heterocycles. The minimum Gasteiger partial charge on any atom is -0.504 e. The lowest BCUT2D eigenvalue weighted by Gasteiger charge is -2.07. The Bertz CT molecular complexity index is 1140. The van der Waals surface area contributed by atoms with Gasteiger partial charge in [-0.05, 0) is 67.8 Å². The molecule has 2 N–H and O–H groups in total. The van der Waals surface area contributed by atoms with E-state index in [1.165, 1.54) is 6.07 Å². The van der Waals surface area contributed by atoms with Crippen LogP contribution in [0.25, 0.3) is 22.8 Å². The zero-order chi connectivity index (χ0) is 20.4. The fraction of sp³-hybridized carbons (Fsp3) is 0.0455. The van der Waals surface area contributed by atoms with Crippen molar-refractivity contribution in [2.75, 3.05) is 0 Å². The van der Waals surface area contributed by atoms with Gasteiger partial charge in [-0.15, -0.1) is 0 Å². The lowest BCUT2D eigenvalue weighted by Crippen LogP contribution is -1.94. The Labute approximate surface area is 183 Å².